The summed E-state index contributed by atoms with van der Waals surface area (Å²) in [5.74, 6) is 2.55. The minimum Gasteiger partial charge on any atom is -0.373 e. The molecule has 0 aliphatic carbocycles. The average molecular weight is 325 g/mol. The molecule has 2 aromatic heterocycles. The SMILES string of the molecule is CNc1nc(C(C)(C)C)nc(NCc2ccc(Cl)s2)c1C. The summed E-state index contributed by atoms with van der Waals surface area (Å²) in [5.41, 5.74) is 0.926. The van der Waals surface area contributed by atoms with Gasteiger partial charge in [0.2, 0.25) is 0 Å². The lowest BCUT2D eigenvalue weighted by Gasteiger charge is -2.20. The van der Waals surface area contributed by atoms with E-state index in [1.807, 2.05) is 26.1 Å². The minimum absolute atomic E-state index is 0.0953. The molecule has 0 atom stereocenters. The number of rotatable bonds is 4. The van der Waals surface area contributed by atoms with Gasteiger partial charge in [-0.25, -0.2) is 9.97 Å². The maximum Gasteiger partial charge on any atom is 0.138 e. The van der Waals surface area contributed by atoms with Gasteiger partial charge in [-0.05, 0) is 19.1 Å². The fraction of sp³-hybridized carbons (Fsp3) is 0.467. The van der Waals surface area contributed by atoms with Crippen LogP contribution in [0, 0.1) is 6.92 Å². The van der Waals surface area contributed by atoms with E-state index in [1.165, 1.54) is 4.88 Å². The summed E-state index contributed by atoms with van der Waals surface area (Å²) in [6.45, 7) is 9.06. The number of thiophene rings is 1. The predicted octanol–water partition coefficient (Wildman–Crippen LogP) is 4.45. The molecule has 0 unspecified atom stereocenters. The van der Waals surface area contributed by atoms with Gasteiger partial charge >= 0.3 is 0 Å². The van der Waals surface area contributed by atoms with E-state index in [4.69, 9.17) is 11.6 Å². The predicted molar refractivity (Wildman–Crippen MR) is 91.7 cm³/mol. The zero-order valence-corrected chi connectivity index (χ0v) is 14.6. The highest BCUT2D eigenvalue weighted by Crippen LogP contribution is 2.27. The number of nitrogens with one attached hydrogen (secondary N) is 2. The van der Waals surface area contributed by atoms with Crippen LogP contribution in [0.5, 0.6) is 0 Å². The van der Waals surface area contributed by atoms with Crippen molar-refractivity contribution in [2.24, 2.45) is 0 Å². The van der Waals surface area contributed by atoms with Gasteiger partial charge in [-0.2, -0.15) is 0 Å². The normalized spacial score (nSPS) is 11.5. The molecule has 2 aromatic rings. The molecular weight excluding hydrogens is 304 g/mol. The second-order valence-corrected chi connectivity index (χ2v) is 7.73. The zero-order chi connectivity index (χ0) is 15.6. The van der Waals surface area contributed by atoms with Crippen LogP contribution in [0.3, 0.4) is 0 Å². The van der Waals surface area contributed by atoms with Gasteiger partial charge in [-0.1, -0.05) is 32.4 Å². The van der Waals surface area contributed by atoms with Crippen LogP contribution in [0.2, 0.25) is 4.34 Å². The zero-order valence-electron chi connectivity index (χ0n) is 13.0. The van der Waals surface area contributed by atoms with Crippen LogP contribution in [0.25, 0.3) is 0 Å². The molecule has 4 nitrogen and oxygen atoms in total. The summed E-state index contributed by atoms with van der Waals surface area (Å²) >= 11 is 7.54. The molecule has 6 heteroatoms. The number of halogens is 1. The second kappa shape index (κ2) is 6.20. The molecule has 0 aliphatic rings. The lowest BCUT2D eigenvalue weighted by Crippen LogP contribution is -2.19. The smallest absolute Gasteiger partial charge is 0.138 e. The first-order chi connectivity index (χ1) is 9.81. The third-order valence-corrected chi connectivity index (χ3v) is 4.34. The molecule has 0 saturated heterocycles. The third kappa shape index (κ3) is 3.86. The topological polar surface area (TPSA) is 49.8 Å². The Morgan fingerprint density at radius 1 is 1.19 bits per heavy atom. The van der Waals surface area contributed by atoms with E-state index >= 15 is 0 Å². The summed E-state index contributed by atoms with van der Waals surface area (Å²) in [5, 5.41) is 6.53. The Bertz CT molecular complexity index is 631. The third-order valence-electron chi connectivity index (χ3n) is 3.11. The van der Waals surface area contributed by atoms with Gasteiger partial charge in [0.25, 0.3) is 0 Å². The maximum atomic E-state index is 5.96. The molecule has 2 heterocycles. The highest BCUT2D eigenvalue weighted by atomic mass is 35.5. The number of hydrogen-bond donors (Lipinski definition) is 2. The largest absolute Gasteiger partial charge is 0.373 e. The van der Waals surface area contributed by atoms with Crippen LogP contribution < -0.4 is 10.6 Å². The van der Waals surface area contributed by atoms with Crippen molar-refractivity contribution in [2.45, 2.75) is 39.7 Å². The number of hydrogen-bond acceptors (Lipinski definition) is 5. The van der Waals surface area contributed by atoms with Crippen molar-refractivity contribution in [2.75, 3.05) is 17.7 Å². The Balaban J connectivity index is 2.28. The highest BCUT2D eigenvalue weighted by Gasteiger charge is 2.20. The average Bonchev–Trinajstić information content (AvgIpc) is 2.82. The molecule has 0 radical (unpaired) electrons. The molecule has 0 bridgehead atoms. The number of aromatic nitrogens is 2. The Labute approximate surface area is 135 Å². The van der Waals surface area contributed by atoms with Gasteiger partial charge < -0.3 is 10.6 Å². The molecule has 21 heavy (non-hydrogen) atoms. The minimum atomic E-state index is -0.0953. The molecule has 0 amide bonds. The molecule has 114 valence electrons. The van der Waals surface area contributed by atoms with E-state index < -0.39 is 0 Å². The number of nitrogens with zero attached hydrogens (tertiary/aromatic N) is 2. The highest BCUT2D eigenvalue weighted by molar-refractivity contribution is 7.16. The molecule has 0 fully saturated rings. The fourth-order valence-electron chi connectivity index (χ4n) is 1.89. The van der Waals surface area contributed by atoms with Crippen LogP contribution in [-0.2, 0) is 12.0 Å². The lowest BCUT2D eigenvalue weighted by molar-refractivity contribution is 0.546. The van der Waals surface area contributed by atoms with Crippen LogP contribution in [0.15, 0.2) is 12.1 Å². The van der Waals surface area contributed by atoms with E-state index in [1.54, 1.807) is 11.3 Å². The summed E-state index contributed by atoms with van der Waals surface area (Å²) in [6.07, 6.45) is 0. The van der Waals surface area contributed by atoms with Gasteiger partial charge in [0.1, 0.15) is 17.5 Å². The monoisotopic (exact) mass is 324 g/mol. The first-order valence-corrected chi connectivity index (χ1v) is 8.05. The van der Waals surface area contributed by atoms with E-state index in [9.17, 15) is 0 Å². The quantitative estimate of drug-likeness (QED) is 0.872. The summed E-state index contributed by atoms with van der Waals surface area (Å²) in [7, 11) is 1.88. The Morgan fingerprint density at radius 3 is 2.38 bits per heavy atom. The maximum absolute atomic E-state index is 5.96. The fourth-order valence-corrected chi connectivity index (χ4v) is 2.91. The molecule has 2 N–H and O–H groups in total. The van der Waals surface area contributed by atoms with Crippen molar-refractivity contribution in [3.8, 4) is 0 Å². The van der Waals surface area contributed by atoms with Crippen LogP contribution in [0.1, 0.15) is 37.0 Å². The van der Waals surface area contributed by atoms with Gasteiger partial charge in [-0.3, -0.25) is 0 Å². The molecular formula is C15H21ClN4S. The van der Waals surface area contributed by atoms with Crippen molar-refractivity contribution in [3.63, 3.8) is 0 Å². The summed E-state index contributed by atoms with van der Waals surface area (Å²) < 4.78 is 0.803. The molecule has 0 spiro atoms. The van der Waals surface area contributed by atoms with E-state index in [2.05, 4.69) is 41.4 Å². The molecule has 0 saturated carbocycles. The van der Waals surface area contributed by atoms with Gasteiger partial charge in [-0.15, -0.1) is 11.3 Å². The van der Waals surface area contributed by atoms with E-state index in [0.717, 1.165) is 27.4 Å². The van der Waals surface area contributed by atoms with Crippen molar-refractivity contribution >= 4 is 34.6 Å². The number of anilines is 2. The van der Waals surface area contributed by atoms with Crippen molar-refractivity contribution in [1.82, 2.24) is 9.97 Å². The second-order valence-electron chi connectivity index (χ2n) is 5.93. The summed E-state index contributed by atoms with van der Waals surface area (Å²) in [4.78, 5) is 10.5. The molecule has 0 aromatic carbocycles. The lowest BCUT2D eigenvalue weighted by atomic mass is 9.95. The summed E-state index contributed by atoms with van der Waals surface area (Å²) in [6, 6.07) is 3.94. The standard InChI is InChI=1S/C15H21ClN4S/c1-9-12(17-5)19-14(15(2,3)4)20-13(9)18-8-10-6-7-11(16)21-10/h6-7H,8H2,1-5H3,(H2,17,18,19,20). The van der Waals surface area contributed by atoms with Crippen molar-refractivity contribution in [3.05, 3.63) is 32.7 Å². The first-order valence-electron chi connectivity index (χ1n) is 6.86. The van der Waals surface area contributed by atoms with Gasteiger partial charge in [0.15, 0.2) is 0 Å². The molecule has 0 aliphatic heterocycles. The van der Waals surface area contributed by atoms with Crippen LogP contribution >= 0.6 is 22.9 Å². The Hall–Kier alpha value is -1.33. The van der Waals surface area contributed by atoms with Crippen molar-refractivity contribution in [1.29, 1.82) is 0 Å². The van der Waals surface area contributed by atoms with E-state index in [0.29, 0.717) is 6.54 Å². The first kappa shape index (κ1) is 16.0. The van der Waals surface area contributed by atoms with Crippen LogP contribution in [0.4, 0.5) is 11.6 Å². The van der Waals surface area contributed by atoms with Gasteiger partial charge in [0.05, 0.1) is 10.9 Å². The Morgan fingerprint density at radius 2 is 1.86 bits per heavy atom. The van der Waals surface area contributed by atoms with Crippen molar-refractivity contribution < 1.29 is 0 Å². The molecule has 2 rings (SSSR count). The van der Waals surface area contributed by atoms with E-state index in [-0.39, 0.29) is 5.41 Å². The van der Waals surface area contributed by atoms with Gasteiger partial charge in [0, 0.05) is 22.9 Å². The Kier molecular flexibility index (Phi) is 4.74. The van der Waals surface area contributed by atoms with Crippen LogP contribution in [-0.4, -0.2) is 17.0 Å².